The molecule has 13 nitrogen and oxygen atoms in total. The van der Waals surface area contributed by atoms with E-state index in [1.54, 1.807) is 20.8 Å². The summed E-state index contributed by atoms with van der Waals surface area (Å²) in [6, 6.07) is 0. The molecule has 0 radical (unpaired) electrons. The van der Waals surface area contributed by atoms with Crippen LogP contribution in [0.25, 0.3) is 0 Å². The van der Waals surface area contributed by atoms with Crippen molar-refractivity contribution in [1.29, 1.82) is 0 Å². The molecule has 0 heterocycles. The second-order valence-corrected chi connectivity index (χ2v) is 15.5. The largest absolute Gasteiger partial charge is 0.508 e. The van der Waals surface area contributed by atoms with Crippen molar-refractivity contribution in [2.75, 3.05) is 57.8 Å². The van der Waals surface area contributed by atoms with E-state index in [1.165, 1.54) is 19.0 Å². The zero-order valence-electron chi connectivity index (χ0n) is 26.7. The molecule has 15 heteroatoms. The first-order chi connectivity index (χ1) is 20.2. The molecular weight excluding hydrogens is 606 g/mol. The summed E-state index contributed by atoms with van der Waals surface area (Å²) in [5.74, 6) is 0.647. The molecule has 0 bridgehead atoms. The van der Waals surface area contributed by atoms with Gasteiger partial charge in [-0.1, -0.05) is 33.1 Å². The quantitative estimate of drug-likeness (QED) is 0.220. The average molecular weight is 660 g/mol. The first-order valence-corrected chi connectivity index (χ1v) is 18.6. The van der Waals surface area contributed by atoms with Crippen LogP contribution in [0, 0.1) is 5.92 Å². The summed E-state index contributed by atoms with van der Waals surface area (Å²) >= 11 is 0. The molecule has 0 atom stereocenters. The van der Waals surface area contributed by atoms with Gasteiger partial charge < -0.3 is 28.6 Å². The average Bonchev–Trinajstić information content (AvgIpc) is 2.95. The third-order valence-corrected chi connectivity index (χ3v) is 10.7. The molecule has 2 aliphatic rings. The Kier molecular flexibility index (Phi) is 21.1. The summed E-state index contributed by atoms with van der Waals surface area (Å²) in [4.78, 5) is 33.9. The Hall–Kier alpha value is -2.29. The molecule has 0 aromatic heterocycles. The van der Waals surface area contributed by atoms with E-state index in [0.717, 1.165) is 63.7 Å². The zero-order chi connectivity index (χ0) is 32.9. The monoisotopic (exact) mass is 659 g/mol. The Morgan fingerprint density at radius 2 is 1.23 bits per heavy atom. The number of sulfone groups is 2. The molecule has 2 saturated carbocycles. The van der Waals surface area contributed by atoms with Gasteiger partial charge in [-0.15, -0.1) is 0 Å². The molecule has 0 aliphatic heterocycles. The van der Waals surface area contributed by atoms with E-state index in [2.05, 4.69) is 21.1 Å². The predicted molar refractivity (Wildman–Crippen MR) is 163 cm³/mol. The SMILES string of the molecule is CCOC(=O)OC1CCC(C)CC1.CCOC(=O)OCCS(=O)(=O)C1CCCCC1.CCS(=O)(=O)CCOC(=O)N(C)C. The predicted octanol–water partition coefficient (Wildman–Crippen LogP) is 4.76. The topological polar surface area (TPSA) is 169 Å². The Labute approximate surface area is 258 Å². The summed E-state index contributed by atoms with van der Waals surface area (Å²) in [5, 5.41) is -0.248. The molecule has 2 aliphatic carbocycles. The molecule has 2 rings (SSSR count). The molecule has 43 heavy (non-hydrogen) atoms. The van der Waals surface area contributed by atoms with Crippen molar-refractivity contribution in [2.24, 2.45) is 5.92 Å². The molecule has 0 unspecified atom stereocenters. The first-order valence-electron chi connectivity index (χ1n) is 15.1. The maximum atomic E-state index is 11.9. The first kappa shape index (κ1) is 40.7. The van der Waals surface area contributed by atoms with Crippen molar-refractivity contribution in [2.45, 2.75) is 96.8 Å². The third-order valence-electron chi connectivity index (χ3n) is 6.82. The van der Waals surface area contributed by atoms with Gasteiger partial charge in [-0.3, -0.25) is 0 Å². The molecule has 1 amide bonds. The van der Waals surface area contributed by atoms with Gasteiger partial charge in [0.2, 0.25) is 0 Å². The second kappa shape index (κ2) is 22.3. The number of nitrogens with zero attached hydrogens (tertiary/aromatic N) is 1. The van der Waals surface area contributed by atoms with Crippen LogP contribution in [0.3, 0.4) is 0 Å². The second-order valence-electron chi connectivity index (χ2n) is 10.6. The highest BCUT2D eigenvalue weighted by atomic mass is 32.2. The molecule has 2 fully saturated rings. The summed E-state index contributed by atoms with van der Waals surface area (Å²) in [5.41, 5.74) is 0. The van der Waals surface area contributed by atoms with Gasteiger partial charge in [-0.2, -0.15) is 0 Å². The molecule has 0 saturated heterocycles. The highest BCUT2D eigenvalue weighted by Crippen LogP contribution is 2.26. The van der Waals surface area contributed by atoms with Gasteiger partial charge in [0, 0.05) is 19.8 Å². The van der Waals surface area contributed by atoms with Crippen LogP contribution >= 0.6 is 0 Å². The van der Waals surface area contributed by atoms with Gasteiger partial charge >= 0.3 is 18.4 Å². The van der Waals surface area contributed by atoms with Gasteiger partial charge in [0.15, 0.2) is 19.7 Å². The minimum atomic E-state index is -3.13. The van der Waals surface area contributed by atoms with E-state index in [1.807, 2.05) is 0 Å². The molecule has 254 valence electrons. The van der Waals surface area contributed by atoms with Crippen molar-refractivity contribution < 1.29 is 54.9 Å². The van der Waals surface area contributed by atoms with Crippen LogP contribution in [-0.4, -0.2) is 109 Å². The number of carbonyl (C=O) groups is 3. The molecule has 0 aromatic carbocycles. The van der Waals surface area contributed by atoms with E-state index >= 15 is 0 Å². The fourth-order valence-electron chi connectivity index (χ4n) is 4.16. The minimum absolute atomic E-state index is 0.0759. The van der Waals surface area contributed by atoms with Crippen LogP contribution in [0.15, 0.2) is 0 Å². The Balaban J connectivity index is 0.000000625. The van der Waals surface area contributed by atoms with Gasteiger partial charge in [0.25, 0.3) is 0 Å². The summed E-state index contributed by atoms with van der Waals surface area (Å²) < 4.78 is 69.4. The molecule has 0 spiro atoms. The van der Waals surface area contributed by atoms with Crippen LogP contribution in [0.4, 0.5) is 14.4 Å². The lowest BCUT2D eigenvalue weighted by Gasteiger charge is -2.25. The van der Waals surface area contributed by atoms with Gasteiger partial charge in [0.05, 0.1) is 30.0 Å². The smallest absolute Gasteiger partial charge is 0.448 e. The van der Waals surface area contributed by atoms with E-state index in [-0.39, 0.29) is 48.4 Å². The number of carbonyl (C=O) groups excluding carboxylic acids is 3. The summed E-state index contributed by atoms with van der Waals surface area (Å²) in [6.07, 6.45) is 7.09. The van der Waals surface area contributed by atoms with E-state index in [4.69, 9.17) is 9.47 Å². The summed E-state index contributed by atoms with van der Waals surface area (Å²) in [7, 11) is -3.09. The fourth-order valence-corrected chi connectivity index (χ4v) is 6.48. The van der Waals surface area contributed by atoms with Crippen molar-refractivity contribution in [3.8, 4) is 0 Å². The maximum Gasteiger partial charge on any atom is 0.508 e. The van der Waals surface area contributed by atoms with Gasteiger partial charge in [-0.05, 0) is 58.3 Å². The van der Waals surface area contributed by atoms with E-state index < -0.39 is 38.1 Å². The normalized spacial score (nSPS) is 18.8. The van der Waals surface area contributed by atoms with Crippen molar-refractivity contribution in [1.82, 2.24) is 4.90 Å². The fraction of sp³-hybridized carbons (Fsp3) is 0.893. The third kappa shape index (κ3) is 20.3. The Morgan fingerprint density at radius 1 is 0.698 bits per heavy atom. The number of ether oxygens (including phenoxy) is 5. The van der Waals surface area contributed by atoms with E-state index in [9.17, 15) is 31.2 Å². The number of rotatable bonds is 11. The lowest BCUT2D eigenvalue weighted by Crippen LogP contribution is -2.28. The van der Waals surface area contributed by atoms with Crippen LogP contribution < -0.4 is 0 Å². The van der Waals surface area contributed by atoms with Crippen LogP contribution in [0.5, 0.6) is 0 Å². The number of hydrogen-bond donors (Lipinski definition) is 0. The summed E-state index contributed by atoms with van der Waals surface area (Å²) in [6.45, 7) is 7.68. The molecule has 0 aromatic rings. The van der Waals surface area contributed by atoms with Gasteiger partial charge in [-0.25, -0.2) is 31.2 Å². The highest BCUT2D eigenvalue weighted by molar-refractivity contribution is 7.92. The zero-order valence-corrected chi connectivity index (χ0v) is 28.3. The Bertz CT molecular complexity index is 1000. The maximum absolute atomic E-state index is 11.9. The van der Waals surface area contributed by atoms with Crippen LogP contribution in [0.1, 0.15) is 85.5 Å². The van der Waals surface area contributed by atoms with E-state index in [0.29, 0.717) is 6.61 Å². The number of hydrogen-bond acceptors (Lipinski definition) is 12. The Morgan fingerprint density at radius 3 is 1.74 bits per heavy atom. The minimum Gasteiger partial charge on any atom is -0.448 e. The molecular formula is C28H53NO12S2. The highest BCUT2D eigenvalue weighted by Gasteiger charge is 2.27. The van der Waals surface area contributed by atoms with Gasteiger partial charge in [0.1, 0.15) is 19.3 Å². The lowest BCUT2D eigenvalue weighted by atomic mass is 9.89. The molecule has 0 N–H and O–H groups in total. The van der Waals surface area contributed by atoms with Crippen LogP contribution in [-0.2, 0) is 43.4 Å². The van der Waals surface area contributed by atoms with Crippen molar-refractivity contribution in [3.05, 3.63) is 0 Å². The number of amides is 1. The van der Waals surface area contributed by atoms with Crippen molar-refractivity contribution >= 4 is 38.1 Å². The van der Waals surface area contributed by atoms with Crippen molar-refractivity contribution in [3.63, 3.8) is 0 Å². The standard InChI is InChI=1S/C11H20O5S.C10H18O3.C7H15NO4S/c1-2-15-11(12)16-8-9-17(13,14)10-6-4-3-5-7-10;1-3-12-10(11)13-9-6-4-8(2)5-7-9;1-4-13(10,11)6-5-12-7(9)8(2)3/h10H,2-9H2,1H3;8-9H,3-7H2,1-2H3;4-6H2,1-3H3. The lowest BCUT2D eigenvalue weighted by molar-refractivity contribution is 0.00902. The van der Waals surface area contributed by atoms with Crippen LogP contribution in [0.2, 0.25) is 0 Å².